The van der Waals surface area contributed by atoms with E-state index in [4.69, 9.17) is 5.26 Å². The fourth-order valence-electron chi connectivity index (χ4n) is 1.39. The fourth-order valence-corrected chi connectivity index (χ4v) is 2.77. The third-order valence-corrected chi connectivity index (χ3v) is 4.07. The van der Waals surface area contributed by atoms with Crippen LogP contribution in [0.1, 0.15) is 12.5 Å². The molecule has 0 aliphatic carbocycles. The molecule has 1 N–H and O–H groups in total. The first-order valence-electron chi connectivity index (χ1n) is 5.32. The molecular weight excluding hydrogens is 282 g/mol. The van der Waals surface area contributed by atoms with Crippen molar-refractivity contribution in [2.24, 2.45) is 0 Å². The molecule has 96 valence electrons. The molecule has 0 bridgehead atoms. The van der Waals surface area contributed by atoms with Gasteiger partial charge in [-0.25, -0.2) is 4.98 Å². The van der Waals surface area contributed by atoms with Crippen molar-refractivity contribution in [1.82, 2.24) is 9.97 Å². The third-order valence-electron chi connectivity index (χ3n) is 2.18. The van der Waals surface area contributed by atoms with Crippen molar-refractivity contribution in [3.63, 3.8) is 0 Å². The number of rotatable bonds is 4. The first kappa shape index (κ1) is 13.5. The van der Waals surface area contributed by atoms with Crippen LogP contribution in [0, 0.1) is 11.3 Å². The Morgan fingerprint density at radius 1 is 1.63 bits per heavy atom. The summed E-state index contributed by atoms with van der Waals surface area (Å²) in [7, 11) is 0. The molecule has 0 spiro atoms. The lowest BCUT2D eigenvalue weighted by molar-refractivity contribution is -0.114. The van der Waals surface area contributed by atoms with Gasteiger partial charge in [-0.2, -0.15) is 5.26 Å². The highest BCUT2D eigenvalue weighted by Crippen LogP contribution is 2.25. The molecule has 7 heteroatoms. The van der Waals surface area contributed by atoms with Gasteiger partial charge in [-0.15, -0.1) is 11.3 Å². The first-order chi connectivity index (χ1) is 9.11. The lowest BCUT2D eigenvalue weighted by Crippen LogP contribution is -2.14. The number of nitrogens with zero attached hydrogens (tertiary/aromatic N) is 2. The number of nitrogens with one attached hydrogen (secondary N) is 1. The zero-order valence-corrected chi connectivity index (χ0v) is 11.6. The van der Waals surface area contributed by atoms with E-state index in [2.05, 4.69) is 9.97 Å². The fraction of sp³-hybridized carbons (Fsp3) is 0.167. The number of aromatic amines is 1. The Balaban J connectivity index is 2.49. The van der Waals surface area contributed by atoms with Crippen molar-refractivity contribution in [3.05, 3.63) is 33.4 Å². The molecule has 5 nitrogen and oxygen atoms in total. The number of hydrogen-bond donors (Lipinski definition) is 1. The highest BCUT2D eigenvalue weighted by molar-refractivity contribution is 7.99. The lowest BCUT2D eigenvalue weighted by Gasteiger charge is -2.03. The molecule has 2 rings (SSSR count). The Morgan fingerprint density at radius 3 is 3.00 bits per heavy atom. The Hall–Kier alpha value is -1.91. The summed E-state index contributed by atoms with van der Waals surface area (Å²) >= 11 is 2.56. The number of thiophene rings is 1. The predicted octanol–water partition coefficient (Wildman–Crippen LogP) is 2.05. The second kappa shape index (κ2) is 5.82. The van der Waals surface area contributed by atoms with Gasteiger partial charge < -0.3 is 4.98 Å². The molecule has 2 heterocycles. The maximum absolute atomic E-state index is 11.8. The molecule has 0 aliphatic heterocycles. The molecular formula is C12H9N3O2S2. The molecule has 19 heavy (non-hydrogen) atoms. The van der Waals surface area contributed by atoms with Gasteiger partial charge in [0.2, 0.25) is 0 Å². The standard InChI is InChI=1S/C12H9N3O2S2/c1-7(16)6-19-12-14-10(9-3-2-4-18-9)8(5-13)11(17)15-12/h2-4H,6H2,1H3,(H,14,15,17). The maximum atomic E-state index is 11.8. The number of Topliss-reactive ketones (excluding diaryl/α,β-unsaturated/α-hetero) is 1. The smallest absolute Gasteiger partial charge is 0.270 e. The number of carbonyl (C=O) groups excluding carboxylic acids is 1. The Bertz CT molecular complexity index is 699. The van der Waals surface area contributed by atoms with E-state index in [9.17, 15) is 9.59 Å². The van der Waals surface area contributed by atoms with Crippen LogP contribution in [0.15, 0.2) is 27.5 Å². The molecule has 0 atom stereocenters. The Morgan fingerprint density at radius 2 is 2.42 bits per heavy atom. The van der Waals surface area contributed by atoms with Crippen LogP contribution in [0.4, 0.5) is 0 Å². The van der Waals surface area contributed by atoms with E-state index < -0.39 is 5.56 Å². The van der Waals surface area contributed by atoms with E-state index in [0.29, 0.717) is 10.9 Å². The average Bonchev–Trinajstić information content (AvgIpc) is 2.89. The van der Waals surface area contributed by atoms with Crippen LogP contribution in [0.25, 0.3) is 10.6 Å². The van der Waals surface area contributed by atoms with Gasteiger partial charge >= 0.3 is 0 Å². The van der Waals surface area contributed by atoms with E-state index in [1.165, 1.54) is 18.3 Å². The van der Waals surface area contributed by atoms with Gasteiger partial charge in [0, 0.05) is 0 Å². The summed E-state index contributed by atoms with van der Waals surface area (Å²) in [6.45, 7) is 1.47. The highest BCUT2D eigenvalue weighted by atomic mass is 32.2. The normalized spacial score (nSPS) is 10.1. The summed E-state index contributed by atoms with van der Waals surface area (Å²) < 4.78 is 0. The van der Waals surface area contributed by atoms with Gasteiger partial charge in [0.05, 0.1) is 10.6 Å². The minimum Gasteiger partial charge on any atom is -0.300 e. The van der Waals surface area contributed by atoms with Crippen LogP contribution < -0.4 is 5.56 Å². The topological polar surface area (TPSA) is 86.6 Å². The van der Waals surface area contributed by atoms with Crippen LogP contribution in [-0.4, -0.2) is 21.5 Å². The monoisotopic (exact) mass is 291 g/mol. The number of H-pyrrole nitrogens is 1. The van der Waals surface area contributed by atoms with Gasteiger partial charge in [-0.3, -0.25) is 9.59 Å². The van der Waals surface area contributed by atoms with Gasteiger partial charge in [-0.1, -0.05) is 17.8 Å². The van der Waals surface area contributed by atoms with Gasteiger partial charge in [0.1, 0.15) is 23.1 Å². The summed E-state index contributed by atoms with van der Waals surface area (Å²) in [4.78, 5) is 30.3. The second-order valence-corrected chi connectivity index (χ2v) is 5.59. The van der Waals surface area contributed by atoms with E-state index >= 15 is 0 Å². The number of aromatic nitrogens is 2. The summed E-state index contributed by atoms with van der Waals surface area (Å²) in [5.41, 5.74) is -0.117. The minimum atomic E-state index is -0.480. The molecule has 2 aromatic rings. The van der Waals surface area contributed by atoms with Crippen LogP contribution in [-0.2, 0) is 4.79 Å². The second-order valence-electron chi connectivity index (χ2n) is 3.67. The van der Waals surface area contributed by atoms with Crippen molar-refractivity contribution in [3.8, 4) is 16.6 Å². The molecule has 0 radical (unpaired) electrons. The summed E-state index contributed by atoms with van der Waals surface area (Å²) in [6, 6.07) is 5.49. The minimum absolute atomic E-state index is 0.00492. The average molecular weight is 291 g/mol. The number of hydrogen-bond acceptors (Lipinski definition) is 6. The summed E-state index contributed by atoms with van der Waals surface area (Å²) in [6.07, 6.45) is 0. The Labute approximate surface area is 117 Å². The first-order valence-corrected chi connectivity index (χ1v) is 7.19. The zero-order valence-electron chi connectivity index (χ0n) is 9.97. The van der Waals surface area contributed by atoms with E-state index in [0.717, 1.165) is 16.6 Å². The molecule has 0 saturated carbocycles. The van der Waals surface area contributed by atoms with Crippen molar-refractivity contribution >= 4 is 28.9 Å². The molecule has 0 unspecified atom stereocenters. The van der Waals surface area contributed by atoms with Gasteiger partial charge in [0.25, 0.3) is 5.56 Å². The van der Waals surface area contributed by atoms with Crippen molar-refractivity contribution in [2.45, 2.75) is 12.1 Å². The van der Waals surface area contributed by atoms with Crippen LogP contribution in [0.2, 0.25) is 0 Å². The molecule has 0 fully saturated rings. The summed E-state index contributed by atoms with van der Waals surface area (Å²) in [5.74, 6) is 0.230. The SMILES string of the molecule is CC(=O)CSc1nc(-c2cccs2)c(C#N)c(=O)[nH]1. The van der Waals surface area contributed by atoms with Crippen molar-refractivity contribution in [1.29, 1.82) is 5.26 Å². The van der Waals surface area contributed by atoms with Crippen LogP contribution >= 0.6 is 23.1 Å². The van der Waals surface area contributed by atoms with E-state index in [-0.39, 0.29) is 17.1 Å². The van der Waals surface area contributed by atoms with Crippen molar-refractivity contribution in [2.75, 3.05) is 5.75 Å². The molecule has 0 aromatic carbocycles. The quantitative estimate of drug-likeness (QED) is 0.688. The van der Waals surface area contributed by atoms with Gasteiger partial charge in [-0.05, 0) is 18.4 Å². The molecule has 0 aliphatic rings. The number of thioether (sulfide) groups is 1. The lowest BCUT2D eigenvalue weighted by atomic mass is 10.2. The third kappa shape index (κ3) is 3.10. The highest BCUT2D eigenvalue weighted by Gasteiger charge is 2.14. The molecule has 2 aromatic heterocycles. The van der Waals surface area contributed by atoms with Crippen LogP contribution in [0.3, 0.4) is 0 Å². The molecule has 0 saturated heterocycles. The number of ketones is 1. The van der Waals surface area contributed by atoms with Crippen molar-refractivity contribution < 1.29 is 4.79 Å². The maximum Gasteiger partial charge on any atom is 0.270 e. The van der Waals surface area contributed by atoms with Gasteiger partial charge in [0.15, 0.2) is 5.16 Å². The van der Waals surface area contributed by atoms with E-state index in [1.807, 2.05) is 17.5 Å². The predicted molar refractivity (Wildman–Crippen MR) is 74.3 cm³/mol. The summed E-state index contributed by atoms with van der Waals surface area (Å²) in [5, 5.41) is 11.2. The Kier molecular flexibility index (Phi) is 4.14. The van der Waals surface area contributed by atoms with E-state index in [1.54, 1.807) is 6.07 Å². The van der Waals surface area contributed by atoms with Crippen LogP contribution in [0.5, 0.6) is 0 Å². The molecule has 0 amide bonds. The number of carbonyl (C=O) groups is 1. The zero-order chi connectivity index (χ0) is 13.8. The number of nitriles is 1. The largest absolute Gasteiger partial charge is 0.300 e.